The Morgan fingerprint density at radius 1 is 1.38 bits per heavy atom. The van der Waals surface area contributed by atoms with Gasteiger partial charge in [0.15, 0.2) is 12.7 Å². The van der Waals surface area contributed by atoms with Gasteiger partial charge in [-0.05, 0) is 6.08 Å². The van der Waals surface area contributed by atoms with Crippen LogP contribution in [0.4, 0.5) is 0 Å². The maximum atomic E-state index is 3.69. The zero-order valence-electron chi connectivity index (χ0n) is 4.55. The Morgan fingerprint density at radius 2 is 2.12 bits per heavy atom. The summed E-state index contributed by atoms with van der Waals surface area (Å²) in [5.41, 5.74) is 0. The Kier molecular flexibility index (Phi) is 3.44. The quantitative estimate of drug-likeness (QED) is 0.366. The van der Waals surface area contributed by atoms with E-state index in [0.29, 0.717) is 0 Å². The van der Waals surface area contributed by atoms with Gasteiger partial charge in [0.05, 0.1) is 0 Å². The van der Waals surface area contributed by atoms with Gasteiger partial charge in [0, 0.05) is 6.08 Å². The van der Waals surface area contributed by atoms with Crippen LogP contribution in [0.15, 0.2) is 24.4 Å². The van der Waals surface area contributed by atoms with Crippen molar-refractivity contribution in [1.82, 2.24) is 0 Å². The third kappa shape index (κ3) is 2.07. The highest BCUT2D eigenvalue weighted by molar-refractivity contribution is 5.17. The van der Waals surface area contributed by atoms with Crippen LogP contribution >= 0.6 is 0 Å². The molecule has 1 aliphatic heterocycles. The van der Waals surface area contributed by atoms with Gasteiger partial charge in [0.2, 0.25) is 0 Å². The number of rotatable bonds is 0. The van der Waals surface area contributed by atoms with E-state index in [1.54, 1.807) is 0 Å². The summed E-state index contributed by atoms with van der Waals surface area (Å²) >= 11 is 0. The van der Waals surface area contributed by atoms with E-state index < -0.39 is 0 Å². The van der Waals surface area contributed by atoms with Crippen molar-refractivity contribution in [3.8, 4) is 0 Å². The zero-order chi connectivity index (χ0) is 5.11. The minimum absolute atomic E-state index is 0. The summed E-state index contributed by atoms with van der Waals surface area (Å²) in [6.45, 7) is 4.63. The molecule has 0 aliphatic carbocycles. The summed E-state index contributed by atoms with van der Waals surface area (Å²) in [6.07, 6.45) is 7.99. The van der Waals surface area contributed by atoms with E-state index >= 15 is 0 Å². The summed E-state index contributed by atoms with van der Waals surface area (Å²) in [5, 5.41) is 0. The molecule has 0 bridgehead atoms. The smallest absolute Gasteiger partial charge is 0.168 e. The standard InChI is InChI=1S/C6H8N.BrH/c1-7-5-3-2-4-6-7;/h2-5H,1,6H2;1H/q+1;/p-1. The van der Waals surface area contributed by atoms with Gasteiger partial charge in [-0.1, -0.05) is 6.08 Å². The first-order chi connectivity index (χ1) is 3.39. The van der Waals surface area contributed by atoms with Crippen LogP contribution in [0.2, 0.25) is 0 Å². The molecule has 1 nitrogen and oxygen atoms in total. The van der Waals surface area contributed by atoms with Gasteiger partial charge in [-0.2, -0.15) is 0 Å². The largest absolute Gasteiger partial charge is 1.00 e. The molecule has 8 heavy (non-hydrogen) atoms. The van der Waals surface area contributed by atoms with Gasteiger partial charge in [-0.25, -0.2) is 4.58 Å². The first kappa shape index (κ1) is 7.63. The Balaban J connectivity index is 0.000000490. The van der Waals surface area contributed by atoms with E-state index in [0.717, 1.165) is 6.54 Å². The molecule has 1 heterocycles. The number of hydrogen-bond acceptors (Lipinski definition) is 0. The fraction of sp³-hybridized carbons (Fsp3) is 0.167. The van der Waals surface area contributed by atoms with Crippen molar-refractivity contribution in [2.75, 3.05) is 6.54 Å². The van der Waals surface area contributed by atoms with Crippen LogP contribution in [-0.4, -0.2) is 17.8 Å². The molecule has 0 amide bonds. The monoisotopic (exact) mass is 173 g/mol. The van der Waals surface area contributed by atoms with Crippen molar-refractivity contribution >= 4 is 6.72 Å². The molecule has 0 saturated heterocycles. The van der Waals surface area contributed by atoms with Gasteiger partial charge in [-0.3, -0.25) is 0 Å². The minimum Gasteiger partial charge on any atom is -1.00 e. The van der Waals surface area contributed by atoms with Crippen LogP contribution in [0, 0.1) is 0 Å². The molecule has 0 aromatic rings. The van der Waals surface area contributed by atoms with E-state index in [1.165, 1.54) is 0 Å². The van der Waals surface area contributed by atoms with E-state index in [9.17, 15) is 0 Å². The topological polar surface area (TPSA) is 3.01 Å². The molecule has 0 aromatic heterocycles. The van der Waals surface area contributed by atoms with Gasteiger partial charge >= 0.3 is 0 Å². The summed E-state index contributed by atoms with van der Waals surface area (Å²) in [5.74, 6) is 0. The number of halogens is 1. The Morgan fingerprint density at radius 3 is 2.38 bits per heavy atom. The van der Waals surface area contributed by atoms with Crippen LogP contribution in [0.3, 0.4) is 0 Å². The fourth-order valence-electron chi connectivity index (χ4n) is 0.507. The lowest BCUT2D eigenvalue weighted by atomic mass is 10.4. The molecule has 0 atom stereocenters. The Bertz CT molecular complexity index is 135. The van der Waals surface area contributed by atoms with Crippen molar-refractivity contribution in [3.63, 3.8) is 0 Å². The Hall–Kier alpha value is -0.370. The minimum atomic E-state index is 0. The second-order valence-electron chi connectivity index (χ2n) is 1.54. The average molecular weight is 174 g/mol. The van der Waals surface area contributed by atoms with Gasteiger partial charge in [0.25, 0.3) is 0 Å². The second-order valence-corrected chi connectivity index (χ2v) is 1.54. The second kappa shape index (κ2) is 3.61. The third-order valence-corrected chi connectivity index (χ3v) is 0.884. The maximum Gasteiger partial charge on any atom is 0.168 e. The fourth-order valence-corrected chi connectivity index (χ4v) is 0.507. The zero-order valence-corrected chi connectivity index (χ0v) is 6.13. The first-order valence-electron chi connectivity index (χ1n) is 2.30. The summed E-state index contributed by atoms with van der Waals surface area (Å²) < 4.78 is 1.88. The van der Waals surface area contributed by atoms with Crippen molar-refractivity contribution in [3.05, 3.63) is 24.4 Å². The highest BCUT2D eigenvalue weighted by atomic mass is 79.9. The molecule has 0 spiro atoms. The number of nitrogens with zero attached hydrogens (tertiary/aromatic N) is 1. The van der Waals surface area contributed by atoms with E-state index in [-0.39, 0.29) is 17.0 Å². The normalized spacial score (nSPS) is 15.8. The van der Waals surface area contributed by atoms with Crippen molar-refractivity contribution in [2.45, 2.75) is 0 Å². The summed E-state index contributed by atoms with van der Waals surface area (Å²) in [6, 6.07) is 0. The van der Waals surface area contributed by atoms with Crippen molar-refractivity contribution in [1.29, 1.82) is 0 Å². The maximum absolute atomic E-state index is 3.69. The first-order valence-corrected chi connectivity index (χ1v) is 2.30. The molecular formula is C6H8BrN. The van der Waals surface area contributed by atoms with Crippen LogP contribution in [0.25, 0.3) is 0 Å². The van der Waals surface area contributed by atoms with Crippen molar-refractivity contribution < 1.29 is 21.6 Å². The predicted octanol–water partition coefficient (Wildman–Crippen LogP) is -2.21. The lowest BCUT2D eigenvalue weighted by molar-refractivity contribution is -0.436. The lowest BCUT2D eigenvalue weighted by Crippen LogP contribution is -3.00. The van der Waals surface area contributed by atoms with Crippen LogP contribution in [-0.2, 0) is 0 Å². The molecule has 0 N–H and O–H groups in total. The van der Waals surface area contributed by atoms with Crippen LogP contribution in [0.5, 0.6) is 0 Å². The molecule has 0 fully saturated rings. The van der Waals surface area contributed by atoms with Gasteiger partial charge < -0.3 is 17.0 Å². The number of hydrogen-bond donors (Lipinski definition) is 0. The predicted molar refractivity (Wildman–Crippen MR) is 30.5 cm³/mol. The van der Waals surface area contributed by atoms with Gasteiger partial charge in [0.1, 0.15) is 6.72 Å². The van der Waals surface area contributed by atoms with E-state index in [1.807, 2.05) is 22.9 Å². The highest BCUT2D eigenvalue weighted by Gasteiger charge is 1.90. The third-order valence-electron chi connectivity index (χ3n) is 0.884. The molecule has 1 rings (SSSR count). The van der Waals surface area contributed by atoms with Crippen LogP contribution < -0.4 is 17.0 Å². The molecule has 2 heteroatoms. The summed E-state index contributed by atoms with van der Waals surface area (Å²) in [7, 11) is 0. The molecular weight excluding hydrogens is 166 g/mol. The van der Waals surface area contributed by atoms with Crippen molar-refractivity contribution in [2.24, 2.45) is 0 Å². The molecule has 0 radical (unpaired) electrons. The molecule has 0 unspecified atom stereocenters. The average Bonchev–Trinajstić information content (AvgIpc) is 1.69. The van der Waals surface area contributed by atoms with E-state index in [2.05, 4.69) is 12.8 Å². The molecule has 1 aliphatic rings. The number of allylic oxidation sites excluding steroid dienone is 2. The van der Waals surface area contributed by atoms with Crippen LogP contribution in [0.1, 0.15) is 0 Å². The highest BCUT2D eigenvalue weighted by Crippen LogP contribution is 1.86. The van der Waals surface area contributed by atoms with Gasteiger partial charge in [-0.15, -0.1) is 0 Å². The molecule has 0 saturated carbocycles. The Labute approximate surface area is 59.8 Å². The van der Waals surface area contributed by atoms with E-state index in [4.69, 9.17) is 0 Å². The summed E-state index contributed by atoms with van der Waals surface area (Å²) in [4.78, 5) is 0. The SMILES string of the molecule is C=[N+]1C=CC=CC1.[Br-]. The molecule has 0 aromatic carbocycles. The lowest BCUT2D eigenvalue weighted by Gasteiger charge is -1.90. The molecule has 44 valence electrons.